The highest BCUT2D eigenvalue weighted by Gasteiger charge is 2.28. The van der Waals surface area contributed by atoms with Crippen molar-refractivity contribution in [3.8, 4) is 17.2 Å². The van der Waals surface area contributed by atoms with Gasteiger partial charge in [-0.3, -0.25) is 9.10 Å². The number of carbonyl (C=O) groups is 1. The Morgan fingerprint density at radius 2 is 1.51 bits per heavy atom. The van der Waals surface area contributed by atoms with Crippen molar-refractivity contribution in [3.63, 3.8) is 0 Å². The molecule has 0 saturated heterocycles. The number of methoxy groups -OCH3 is 2. The molecule has 39 heavy (non-hydrogen) atoms. The van der Waals surface area contributed by atoms with Gasteiger partial charge in [-0.25, -0.2) is 8.42 Å². The highest BCUT2D eigenvalue weighted by Crippen LogP contribution is 2.32. The molecule has 0 aromatic heterocycles. The lowest BCUT2D eigenvalue weighted by molar-refractivity contribution is -0.119. The van der Waals surface area contributed by atoms with Gasteiger partial charge >= 0.3 is 0 Å². The number of benzene rings is 4. The average Bonchev–Trinajstić information content (AvgIpc) is 2.92. The number of anilines is 1. The highest BCUT2D eigenvalue weighted by atomic mass is 32.2. The lowest BCUT2D eigenvalue weighted by atomic mass is 10.1. The van der Waals surface area contributed by atoms with Crippen LogP contribution in [-0.2, 0) is 14.8 Å². The van der Waals surface area contributed by atoms with Gasteiger partial charge in [-0.2, -0.15) is 0 Å². The van der Waals surface area contributed by atoms with Crippen molar-refractivity contribution < 1.29 is 27.4 Å². The van der Waals surface area contributed by atoms with Gasteiger partial charge in [0.05, 0.1) is 31.3 Å². The largest absolute Gasteiger partial charge is 0.493 e. The number of aryl methyl sites for hydroxylation is 2. The molecule has 1 amide bonds. The number of ether oxygens (including phenoxy) is 3. The zero-order valence-electron chi connectivity index (χ0n) is 22.4. The fourth-order valence-electron chi connectivity index (χ4n) is 4.32. The first-order valence-corrected chi connectivity index (χ1v) is 13.9. The highest BCUT2D eigenvalue weighted by molar-refractivity contribution is 7.92. The molecular weight excluding hydrogens is 516 g/mol. The van der Waals surface area contributed by atoms with E-state index in [1.54, 1.807) is 12.1 Å². The minimum absolute atomic E-state index is 0.0215. The van der Waals surface area contributed by atoms with Gasteiger partial charge in [0.2, 0.25) is 5.91 Å². The Balaban J connectivity index is 1.50. The molecule has 9 heteroatoms. The van der Waals surface area contributed by atoms with Gasteiger partial charge in [0.25, 0.3) is 10.0 Å². The van der Waals surface area contributed by atoms with Crippen LogP contribution in [0.5, 0.6) is 17.2 Å². The maximum absolute atomic E-state index is 13.8. The fraction of sp³-hybridized carbons (Fsp3) is 0.233. The molecule has 0 unspecified atom stereocenters. The second-order valence-electron chi connectivity index (χ2n) is 9.08. The smallest absolute Gasteiger partial charge is 0.264 e. The molecule has 0 atom stereocenters. The summed E-state index contributed by atoms with van der Waals surface area (Å²) < 4.78 is 45.1. The molecular formula is C30H32N2O6S. The van der Waals surface area contributed by atoms with E-state index in [0.717, 1.165) is 26.2 Å². The summed E-state index contributed by atoms with van der Waals surface area (Å²) in [6.07, 6.45) is 0. The minimum atomic E-state index is -4.13. The molecule has 0 spiro atoms. The van der Waals surface area contributed by atoms with Crippen LogP contribution in [0.2, 0.25) is 0 Å². The molecule has 0 aliphatic carbocycles. The molecule has 4 aromatic carbocycles. The Morgan fingerprint density at radius 1 is 0.821 bits per heavy atom. The number of hydrogen-bond acceptors (Lipinski definition) is 6. The predicted molar refractivity (Wildman–Crippen MR) is 152 cm³/mol. The summed E-state index contributed by atoms with van der Waals surface area (Å²) in [4.78, 5) is 12.9. The molecule has 4 rings (SSSR count). The van der Waals surface area contributed by atoms with Crippen LogP contribution in [0, 0.1) is 13.8 Å². The van der Waals surface area contributed by atoms with Crippen LogP contribution in [0.1, 0.15) is 11.1 Å². The van der Waals surface area contributed by atoms with Crippen molar-refractivity contribution in [3.05, 3.63) is 90.0 Å². The Bertz CT molecular complexity index is 1570. The molecule has 0 bridgehead atoms. The molecule has 0 heterocycles. The SMILES string of the molecule is COc1ccc(S(=O)(=O)N(CC(=O)NCCOc2ccc3ccccc3c2)c2cc(C)cc(C)c2)cc1OC. The Labute approximate surface area is 229 Å². The van der Waals surface area contributed by atoms with Crippen LogP contribution in [0.3, 0.4) is 0 Å². The number of rotatable bonds is 11. The lowest BCUT2D eigenvalue weighted by Crippen LogP contribution is -2.42. The standard InChI is InChI=1S/C30H32N2O6S/c1-21-15-22(2)17-25(16-21)32(39(34,35)27-11-12-28(36-3)29(19-27)37-4)20-30(33)31-13-14-38-26-10-9-23-7-5-6-8-24(23)18-26/h5-12,15-19H,13-14,20H2,1-4H3,(H,31,33). The Morgan fingerprint density at radius 3 is 2.21 bits per heavy atom. The van der Waals surface area contributed by atoms with E-state index in [0.29, 0.717) is 17.2 Å². The number of hydrogen-bond donors (Lipinski definition) is 1. The molecule has 0 radical (unpaired) electrons. The van der Waals surface area contributed by atoms with Crippen LogP contribution >= 0.6 is 0 Å². The number of sulfonamides is 1. The van der Waals surface area contributed by atoms with Crippen LogP contribution < -0.4 is 23.8 Å². The second kappa shape index (κ2) is 12.1. The number of nitrogens with one attached hydrogen (secondary N) is 1. The molecule has 4 aromatic rings. The van der Waals surface area contributed by atoms with Crippen LogP contribution in [-0.4, -0.2) is 48.2 Å². The van der Waals surface area contributed by atoms with E-state index in [9.17, 15) is 13.2 Å². The quantitative estimate of drug-likeness (QED) is 0.269. The van der Waals surface area contributed by atoms with E-state index in [1.807, 2.05) is 62.4 Å². The number of fused-ring (bicyclic) bond motifs is 1. The first kappa shape index (κ1) is 27.8. The predicted octanol–water partition coefficient (Wildman–Crippen LogP) is 4.86. The van der Waals surface area contributed by atoms with Gasteiger partial charge in [-0.05, 0) is 72.1 Å². The monoisotopic (exact) mass is 548 g/mol. The summed E-state index contributed by atoms with van der Waals surface area (Å²) in [6.45, 7) is 3.79. The number of amides is 1. The fourth-order valence-corrected chi connectivity index (χ4v) is 5.74. The van der Waals surface area contributed by atoms with Crippen molar-refractivity contribution in [2.24, 2.45) is 0 Å². The average molecular weight is 549 g/mol. The van der Waals surface area contributed by atoms with Gasteiger partial charge in [-0.15, -0.1) is 0 Å². The molecule has 0 aliphatic rings. The first-order valence-electron chi connectivity index (χ1n) is 12.4. The lowest BCUT2D eigenvalue weighted by Gasteiger charge is -2.25. The Kier molecular flexibility index (Phi) is 8.61. The zero-order valence-corrected chi connectivity index (χ0v) is 23.2. The third kappa shape index (κ3) is 6.61. The van der Waals surface area contributed by atoms with Gasteiger partial charge in [0.15, 0.2) is 11.5 Å². The molecule has 0 fully saturated rings. The van der Waals surface area contributed by atoms with E-state index < -0.39 is 22.5 Å². The number of nitrogens with zero attached hydrogens (tertiary/aromatic N) is 1. The van der Waals surface area contributed by atoms with Crippen molar-refractivity contribution in [2.45, 2.75) is 18.7 Å². The van der Waals surface area contributed by atoms with Crippen LogP contribution in [0.4, 0.5) is 5.69 Å². The summed E-state index contributed by atoms with van der Waals surface area (Å²) in [5, 5.41) is 4.94. The summed E-state index contributed by atoms with van der Waals surface area (Å²) in [7, 11) is -1.22. The topological polar surface area (TPSA) is 94.2 Å². The van der Waals surface area contributed by atoms with Crippen LogP contribution in [0.15, 0.2) is 83.8 Å². The minimum Gasteiger partial charge on any atom is -0.493 e. The third-order valence-corrected chi connectivity index (χ3v) is 7.91. The van der Waals surface area contributed by atoms with E-state index in [2.05, 4.69) is 5.32 Å². The molecule has 1 N–H and O–H groups in total. The Hall–Kier alpha value is -4.24. The van der Waals surface area contributed by atoms with Gasteiger partial charge in [-0.1, -0.05) is 36.4 Å². The van der Waals surface area contributed by atoms with Crippen molar-refractivity contribution in [1.29, 1.82) is 0 Å². The van der Waals surface area contributed by atoms with Gasteiger partial charge < -0.3 is 19.5 Å². The summed E-state index contributed by atoms with van der Waals surface area (Å²) in [5.41, 5.74) is 2.15. The third-order valence-electron chi connectivity index (χ3n) is 6.14. The number of carbonyl (C=O) groups excluding carboxylic acids is 1. The zero-order chi connectivity index (χ0) is 28.0. The van der Waals surface area contributed by atoms with Crippen LogP contribution in [0.25, 0.3) is 10.8 Å². The molecule has 0 saturated carbocycles. The van der Waals surface area contributed by atoms with Gasteiger partial charge in [0, 0.05) is 6.07 Å². The normalized spacial score (nSPS) is 11.2. The van der Waals surface area contributed by atoms with Crippen molar-refractivity contribution in [2.75, 3.05) is 38.2 Å². The summed E-state index contributed by atoms with van der Waals surface area (Å²) in [5.74, 6) is 0.906. The van der Waals surface area contributed by atoms with E-state index in [4.69, 9.17) is 14.2 Å². The maximum Gasteiger partial charge on any atom is 0.264 e. The van der Waals surface area contributed by atoms with Crippen molar-refractivity contribution >= 4 is 32.4 Å². The van der Waals surface area contributed by atoms with E-state index >= 15 is 0 Å². The molecule has 204 valence electrons. The summed E-state index contributed by atoms with van der Waals surface area (Å²) >= 11 is 0. The second-order valence-corrected chi connectivity index (χ2v) is 10.9. The van der Waals surface area contributed by atoms with Gasteiger partial charge in [0.1, 0.15) is 18.9 Å². The van der Waals surface area contributed by atoms with E-state index in [-0.39, 0.29) is 23.8 Å². The van der Waals surface area contributed by atoms with Crippen molar-refractivity contribution in [1.82, 2.24) is 5.32 Å². The molecule has 8 nitrogen and oxygen atoms in total. The van der Waals surface area contributed by atoms with E-state index in [1.165, 1.54) is 32.4 Å². The first-order chi connectivity index (χ1) is 18.7. The summed E-state index contributed by atoms with van der Waals surface area (Å²) in [6, 6.07) is 23.5. The maximum atomic E-state index is 13.8. The molecule has 0 aliphatic heterocycles.